The fourth-order valence-corrected chi connectivity index (χ4v) is 4.84. The molecule has 4 rings (SSSR count). The van der Waals surface area contributed by atoms with E-state index in [1.165, 1.54) is 19.4 Å². The zero-order valence-electron chi connectivity index (χ0n) is 20.3. The van der Waals surface area contributed by atoms with Gasteiger partial charge in [-0.05, 0) is 57.6 Å². The lowest BCUT2D eigenvalue weighted by Crippen LogP contribution is -2.45. The second-order valence-corrected chi connectivity index (χ2v) is 9.05. The third kappa shape index (κ3) is 4.68. The van der Waals surface area contributed by atoms with E-state index >= 15 is 0 Å². The van der Waals surface area contributed by atoms with Crippen LogP contribution in [0.4, 0.5) is 10.1 Å². The number of benzene rings is 2. The number of piperidine rings is 1. The standard InChI is InChI=1S/C26H32FN5O2/c1-5-32-24-21(26(34)31(4)16-19-10-8-9-13-30(19)3)14-18(28-17(2)33)15-23(24)29-25(32)20-11-6-7-12-22(20)27/h6-7,11-12,14-15,19H,5,8-10,13,16H2,1-4H3,(H,28,33). The van der Waals surface area contributed by atoms with E-state index in [1.807, 2.05) is 18.5 Å². The Morgan fingerprint density at radius 1 is 1.24 bits per heavy atom. The highest BCUT2D eigenvalue weighted by atomic mass is 19.1. The number of anilines is 1. The molecule has 7 nitrogen and oxygen atoms in total. The average Bonchev–Trinajstić information content (AvgIpc) is 3.17. The van der Waals surface area contributed by atoms with E-state index in [2.05, 4.69) is 17.3 Å². The van der Waals surface area contributed by atoms with E-state index in [1.54, 1.807) is 35.2 Å². The summed E-state index contributed by atoms with van der Waals surface area (Å²) in [5, 5.41) is 2.78. The Hall–Kier alpha value is -3.26. The molecule has 0 radical (unpaired) electrons. The SMILES string of the molecule is CCn1c(-c2ccccc2F)nc2cc(NC(C)=O)cc(C(=O)N(C)CC3CCCCN3C)c21. The van der Waals surface area contributed by atoms with Crippen LogP contribution in [-0.4, -0.2) is 64.4 Å². The maximum absolute atomic E-state index is 14.7. The summed E-state index contributed by atoms with van der Waals surface area (Å²) in [7, 11) is 3.91. The number of nitrogens with one attached hydrogen (secondary N) is 1. The molecular formula is C26H32FN5O2. The van der Waals surface area contributed by atoms with Crippen molar-refractivity contribution in [3.63, 3.8) is 0 Å². The van der Waals surface area contributed by atoms with Crippen LogP contribution in [0.25, 0.3) is 22.4 Å². The van der Waals surface area contributed by atoms with Gasteiger partial charge in [-0.25, -0.2) is 9.37 Å². The number of aryl methyl sites for hydroxylation is 1. The first-order chi connectivity index (χ1) is 16.3. The molecule has 180 valence electrons. The van der Waals surface area contributed by atoms with Crippen LogP contribution >= 0.6 is 0 Å². The summed E-state index contributed by atoms with van der Waals surface area (Å²) in [5.74, 6) is -0.302. The van der Waals surface area contributed by atoms with Crippen molar-refractivity contribution >= 4 is 28.5 Å². The predicted molar refractivity (Wildman–Crippen MR) is 132 cm³/mol. The fourth-order valence-electron chi connectivity index (χ4n) is 4.84. The summed E-state index contributed by atoms with van der Waals surface area (Å²) < 4.78 is 16.5. The van der Waals surface area contributed by atoms with Crippen LogP contribution in [0.3, 0.4) is 0 Å². The summed E-state index contributed by atoms with van der Waals surface area (Å²) in [6.07, 6.45) is 3.40. The average molecular weight is 466 g/mol. The molecule has 1 fully saturated rings. The molecule has 1 aromatic heterocycles. The maximum Gasteiger partial charge on any atom is 0.255 e. The van der Waals surface area contributed by atoms with Gasteiger partial charge in [0.15, 0.2) is 0 Å². The summed E-state index contributed by atoms with van der Waals surface area (Å²) >= 11 is 0. The van der Waals surface area contributed by atoms with Crippen LogP contribution in [0.2, 0.25) is 0 Å². The van der Waals surface area contributed by atoms with E-state index in [0.29, 0.717) is 52.8 Å². The number of carbonyl (C=O) groups excluding carboxylic acids is 2. The molecule has 1 N–H and O–H groups in total. The number of nitrogens with zero attached hydrogens (tertiary/aromatic N) is 4. The first-order valence-electron chi connectivity index (χ1n) is 11.8. The van der Waals surface area contributed by atoms with Crippen molar-refractivity contribution in [1.29, 1.82) is 0 Å². The molecule has 3 aromatic rings. The minimum atomic E-state index is -0.375. The van der Waals surface area contributed by atoms with Crippen molar-refractivity contribution in [2.45, 2.75) is 45.7 Å². The van der Waals surface area contributed by atoms with E-state index in [-0.39, 0.29) is 17.6 Å². The second kappa shape index (κ2) is 9.93. The van der Waals surface area contributed by atoms with Gasteiger partial charge in [-0.3, -0.25) is 9.59 Å². The van der Waals surface area contributed by atoms with Gasteiger partial charge >= 0.3 is 0 Å². The number of halogens is 1. The smallest absolute Gasteiger partial charge is 0.255 e. The Morgan fingerprint density at radius 2 is 2.00 bits per heavy atom. The number of hydrogen-bond acceptors (Lipinski definition) is 4. The Labute approximate surface area is 199 Å². The third-order valence-corrected chi connectivity index (χ3v) is 6.58. The van der Waals surface area contributed by atoms with Crippen LogP contribution in [0.15, 0.2) is 36.4 Å². The van der Waals surface area contributed by atoms with Crippen LogP contribution < -0.4 is 5.32 Å². The molecule has 2 aromatic carbocycles. The number of likely N-dealkylation sites (tertiary alicyclic amines) is 1. The molecule has 1 unspecified atom stereocenters. The van der Waals surface area contributed by atoms with E-state index in [9.17, 15) is 14.0 Å². The Kier molecular flexibility index (Phi) is 6.97. The Bertz CT molecular complexity index is 1220. The molecule has 2 heterocycles. The molecule has 2 amide bonds. The van der Waals surface area contributed by atoms with E-state index in [0.717, 1.165) is 19.4 Å². The zero-order chi connectivity index (χ0) is 24.4. The normalized spacial score (nSPS) is 16.6. The van der Waals surface area contributed by atoms with Gasteiger partial charge in [-0.2, -0.15) is 0 Å². The number of likely N-dealkylation sites (N-methyl/N-ethyl adjacent to an activating group) is 2. The van der Waals surface area contributed by atoms with Crippen LogP contribution in [0, 0.1) is 5.82 Å². The van der Waals surface area contributed by atoms with Gasteiger partial charge in [0.1, 0.15) is 11.6 Å². The van der Waals surface area contributed by atoms with Gasteiger partial charge in [-0.1, -0.05) is 18.6 Å². The lowest BCUT2D eigenvalue weighted by molar-refractivity contribution is -0.114. The summed E-state index contributed by atoms with van der Waals surface area (Å²) in [5.41, 5.74) is 2.49. The number of fused-ring (bicyclic) bond motifs is 1. The van der Waals surface area contributed by atoms with Gasteiger partial charge in [0, 0.05) is 38.8 Å². The van der Waals surface area contributed by atoms with Gasteiger partial charge in [0.2, 0.25) is 5.91 Å². The Balaban J connectivity index is 1.82. The largest absolute Gasteiger partial charge is 0.340 e. The number of hydrogen-bond donors (Lipinski definition) is 1. The molecule has 1 saturated heterocycles. The lowest BCUT2D eigenvalue weighted by Gasteiger charge is -2.35. The molecule has 0 aliphatic carbocycles. The third-order valence-electron chi connectivity index (χ3n) is 6.58. The molecule has 0 spiro atoms. The number of rotatable bonds is 6. The molecule has 1 aliphatic rings. The number of imidazole rings is 1. The van der Waals surface area contributed by atoms with Gasteiger partial charge < -0.3 is 19.7 Å². The first-order valence-corrected chi connectivity index (χ1v) is 11.8. The van der Waals surface area contributed by atoms with Crippen molar-refractivity contribution in [3.05, 3.63) is 47.8 Å². The molecule has 0 saturated carbocycles. The van der Waals surface area contributed by atoms with Crippen molar-refractivity contribution < 1.29 is 14.0 Å². The van der Waals surface area contributed by atoms with Crippen LogP contribution in [0.1, 0.15) is 43.5 Å². The van der Waals surface area contributed by atoms with E-state index in [4.69, 9.17) is 4.98 Å². The maximum atomic E-state index is 14.7. The highest BCUT2D eigenvalue weighted by Gasteiger charge is 2.26. The highest BCUT2D eigenvalue weighted by molar-refractivity contribution is 6.08. The molecule has 0 bridgehead atoms. The van der Waals surface area contributed by atoms with Crippen molar-refractivity contribution in [2.24, 2.45) is 0 Å². The highest BCUT2D eigenvalue weighted by Crippen LogP contribution is 2.32. The Morgan fingerprint density at radius 3 is 2.68 bits per heavy atom. The zero-order valence-corrected chi connectivity index (χ0v) is 20.3. The molecular weight excluding hydrogens is 433 g/mol. The molecule has 1 aliphatic heterocycles. The minimum Gasteiger partial charge on any atom is -0.340 e. The van der Waals surface area contributed by atoms with Crippen LogP contribution in [0.5, 0.6) is 0 Å². The quantitative estimate of drug-likeness (QED) is 0.587. The number of amides is 2. The van der Waals surface area contributed by atoms with Crippen molar-refractivity contribution in [1.82, 2.24) is 19.4 Å². The molecule has 34 heavy (non-hydrogen) atoms. The second-order valence-electron chi connectivity index (χ2n) is 9.05. The lowest BCUT2D eigenvalue weighted by atomic mass is 10.0. The number of carbonyl (C=O) groups is 2. The minimum absolute atomic E-state index is 0.147. The first kappa shape index (κ1) is 23.9. The molecule has 8 heteroatoms. The van der Waals surface area contributed by atoms with Crippen molar-refractivity contribution in [2.75, 3.05) is 32.5 Å². The number of aromatic nitrogens is 2. The predicted octanol–water partition coefficient (Wildman–Crippen LogP) is 4.38. The van der Waals surface area contributed by atoms with Gasteiger partial charge in [-0.15, -0.1) is 0 Å². The monoisotopic (exact) mass is 465 g/mol. The summed E-state index contributed by atoms with van der Waals surface area (Å²) in [6.45, 7) is 5.52. The summed E-state index contributed by atoms with van der Waals surface area (Å²) in [6, 6.07) is 10.2. The molecule has 1 atom stereocenters. The van der Waals surface area contributed by atoms with Crippen molar-refractivity contribution in [3.8, 4) is 11.4 Å². The fraction of sp³-hybridized carbons (Fsp3) is 0.423. The van der Waals surface area contributed by atoms with Crippen LogP contribution in [-0.2, 0) is 11.3 Å². The van der Waals surface area contributed by atoms with Gasteiger partial charge in [0.05, 0.1) is 22.2 Å². The topological polar surface area (TPSA) is 70.5 Å². The van der Waals surface area contributed by atoms with Gasteiger partial charge in [0.25, 0.3) is 5.91 Å². The van der Waals surface area contributed by atoms with E-state index < -0.39 is 0 Å². The summed E-state index contributed by atoms with van der Waals surface area (Å²) in [4.78, 5) is 34.3.